The van der Waals surface area contributed by atoms with E-state index in [-0.39, 0.29) is 5.92 Å². The summed E-state index contributed by atoms with van der Waals surface area (Å²) >= 11 is 5.37. The van der Waals surface area contributed by atoms with Crippen molar-refractivity contribution in [2.75, 3.05) is 27.3 Å². The van der Waals surface area contributed by atoms with E-state index in [2.05, 4.69) is 46.1 Å². The van der Waals surface area contributed by atoms with Crippen LogP contribution in [-0.4, -0.2) is 37.4 Å². The topological polar surface area (TPSA) is 58.3 Å². The van der Waals surface area contributed by atoms with Crippen LogP contribution < -0.4 is 20.1 Å². The number of nitrogens with one attached hydrogen (secondary N) is 3. The summed E-state index contributed by atoms with van der Waals surface area (Å²) < 4.78 is 11.2. The van der Waals surface area contributed by atoms with Crippen LogP contribution in [0.2, 0.25) is 0 Å². The number of thiocarbonyl (C=S) groups is 1. The van der Waals surface area contributed by atoms with E-state index in [0.717, 1.165) is 23.4 Å². The molecule has 6 heteroatoms. The Morgan fingerprint density at radius 3 is 2.59 bits per heavy atom. The van der Waals surface area contributed by atoms with Crippen molar-refractivity contribution in [3.05, 3.63) is 59.8 Å². The molecule has 1 aromatic heterocycles. The molecule has 1 heterocycles. The third kappa shape index (κ3) is 4.01. The van der Waals surface area contributed by atoms with Crippen LogP contribution in [0, 0.1) is 0 Å². The molecule has 0 amide bonds. The van der Waals surface area contributed by atoms with Gasteiger partial charge in [-0.15, -0.1) is 0 Å². The Hall–Kier alpha value is -2.73. The number of aromatic nitrogens is 1. The number of rotatable bonds is 7. The minimum atomic E-state index is 0.0304. The molecule has 1 atom stereocenters. The molecule has 0 bridgehead atoms. The van der Waals surface area contributed by atoms with Crippen LogP contribution in [0.15, 0.2) is 48.7 Å². The van der Waals surface area contributed by atoms with Gasteiger partial charge in [0, 0.05) is 41.7 Å². The maximum absolute atomic E-state index is 5.70. The Morgan fingerprint density at radius 2 is 1.85 bits per heavy atom. The summed E-state index contributed by atoms with van der Waals surface area (Å²) in [6, 6.07) is 14.3. The molecular weight excluding hydrogens is 358 g/mol. The predicted molar refractivity (Wildman–Crippen MR) is 114 cm³/mol. The Bertz CT molecular complexity index is 923. The van der Waals surface area contributed by atoms with Crippen molar-refractivity contribution >= 4 is 28.2 Å². The van der Waals surface area contributed by atoms with Gasteiger partial charge in [-0.25, -0.2) is 0 Å². The minimum absolute atomic E-state index is 0.0304. The van der Waals surface area contributed by atoms with Gasteiger partial charge in [0.1, 0.15) is 0 Å². The molecule has 3 rings (SSSR count). The number of H-pyrrole nitrogens is 1. The smallest absolute Gasteiger partial charge is 0.166 e. The number of fused-ring (bicyclic) bond motifs is 1. The lowest BCUT2D eigenvalue weighted by Crippen LogP contribution is -2.37. The van der Waals surface area contributed by atoms with E-state index in [1.807, 2.05) is 25.1 Å². The Balaban J connectivity index is 2.07. The number of methoxy groups -OCH3 is 2. The van der Waals surface area contributed by atoms with E-state index in [1.54, 1.807) is 14.2 Å². The van der Waals surface area contributed by atoms with E-state index in [4.69, 9.17) is 21.7 Å². The Kier molecular flexibility index (Phi) is 6.19. The van der Waals surface area contributed by atoms with Gasteiger partial charge in [0.2, 0.25) is 0 Å². The fraction of sp³-hybridized carbons (Fsp3) is 0.286. The van der Waals surface area contributed by atoms with Crippen LogP contribution in [0.1, 0.15) is 24.0 Å². The largest absolute Gasteiger partial charge is 0.493 e. The van der Waals surface area contributed by atoms with Crippen LogP contribution in [0.4, 0.5) is 0 Å². The van der Waals surface area contributed by atoms with Gasteiger partial charge in [0.25, 0.3) is 0 Å². The van der Waals surface area contributed by atoms with Crippen molar-refractivity contribution < 1.29 is 9.47 Å². The average Bonchev–Trinajstić information content (AvgIpc) is 3.12. The third-order valence-electron chi connectivity index (χ3n) is 4.61. The summed E-state index contributed by atoms with van der Waals surface area (Å²) in [4.78, 5) is 3.37. The summed E-state index contributed by atoms with van der Waals surface area (Å²) in [6.07, 6.45) is 2.06. The molecule has 0 radical (unpaired) electrons. The molecule has 142 valence electrons. The van der Waals surface area contributed by atoms with Gasteiger partial charge >= 0.3 is 0 Å². The number of hydrogen-bond donors (Lipinski definition) is 3. The highest BCUT2D eigenvalue weighted by Crippen LogP contribution is 2.40. The zero-order chi connectivity index (χ0) is 19.2. The molecule has 2 aromatic carbocycles. The summed E-state index contributed by atoms with van der Waals surface area (Å²) in [5.74, 6) is 1.49. The van der Waals surface area contributed by atoms with Crippen molar-refractivity contribution in [2.24, 2.45) is 0 Å². The highest BCUT2D eigenvalue weighted by molar-refractivity contribution is 7.80. The molecule has 5 nitrogen and oxygen atoms in total. The minimum Gasteiger partial charge on any atom is -0.493 e. The second-order valence-electron chi connectivity index (χ2n) is 6.17. The number of hydrogen-bond acceptors (Lipinski definition) is 3. The van der Waals surface area contributed by atoms with Crippen molar-refractivity contribution in [3.8, 4) is 11.5 Å². The van der Waals surface area contributed by atoms with E-state index in [1.165, 1.54) is 10.9 Å². The van der Waals surface area contributed by atoms with Gasteiger partial charge < -0.3 is 25.1 Å². The van der Waals surface area contributed by atoms with E-state index >= 15 is 0 Å². The molecular formula is C21H25N3O2S. The lowest BCUT2D eigenvalue weighted by molar-refractivity contribution is 0.350. The summed E-state index contributed by atoms with van der Waals surface area (Å²) in [7, 11) is 3.32. The molecule has 0 fully saturated rings. The van der Waals surface area contributed by atoms with Crippen LogP contribution in [-0.2, 0) is 0 Å². The molecule has 0 aliphatic rings. The van der Waals surface area contributed by atoms with E-state index < -0.39 is 0 Å². The molecule has 3 N–H and O–H groups in total. The van der Waals surface area contributed by atoms with E-state index in [9.17, 15) is 0 Å². The van der Waals surface area contributed by atoms with Crippen molar-refractivity contribution in [1.82, 2.24) is 15.6 Å². The van der Waals surface area contributed by atoms with Crippen molar-refractivity contribution in [2.45, 2.75) is 12.8 Å². The summed E-state index contributed by atoms with van der Waals surface area (Å²) in [5, 5.41) is 8.30. The number of ether oxygens (including phenoxy) is 2. The fourth-order valence-electron chi connectivity index (χ4n) is 3.37. The van der Waals surface area contributed by atoms with Crippen molar-refractivity contribution in [1.29, 1.82) is 0 Å². The highest BCUT2D eigenvalue weighted by Gasteiger charge is 2.23. The normalized spacial score (nSPS) is 11.8. The quantitative estimate of drug-likeness (QED) is 0.542. The first-order chi connectivity index (χ1) is 13.2. The van der Waals surface area contributed by atoms with Gasteiger partial charge in [-0.05, 0) is 36.8 Å². The second-order valence-corrected chi connectivity index (χ2v) is 6.57. The van der Waals surface area contributed by atoms with Crippen LogP contribution in [0.25, 0.3) is 10.9 Å². The highest BCUT2D eigenvalue weighted by atomic mass is 32.1. The summed E-state index contributed by atoms with van der Waals surface area (Å²) in [5.41, 5.74) is 3.34. The zero-order valence-corrected chi connectivity index (χ0v) is 16.7. The first kappa shape index (κ1) is 19.0. The van der Waals surface area contributed by atoms with Gasteiger partial charge in [0.15, 0.2) is 16.6 Å². The number of para-hydroxylation sites is 2. The molecule has 3 aromatic rings. The zero-order valence-electron chi connectivity index (χ0n) is 15.8. The molecule has 0 spiro atoms. The summed E-state index contributed by atoms with van der Waals surface area (Å²) in [6.45, 7) is 3.44. The maximum Gasteiger partial charge on any atom is 0.166 e. The molecule has 27 heavy (non-hydrogen) atoms. The predicted octanol–water partition coefficient (Wildman–Crippen LogP) is 3.80. The van der Waals surface area contributed by atoms with Gasteiger partial charge in [-0.3, -0.25) is 0 Å². The molecule has 0 saturated heterocycles. The van der Waals surface area contributed by atoms with Crippen LogP contribution >= 0.6 is 12.2 Å². The average molecular weight is 384 g/mol. The second kappa shape index (κ2) is 8.77. The first-order valence-corrected chi connectivity index (χ1v) is 9.39. The van der Waals surface area contributed by atoms with Gasteiger partial charge in [-0.2, -0.15) is 0 Å². The molecule has 0 unspecified atom stereocenters. The SMILES string of the molecule is CCNC(=S)NC[C@@H](c1cccc(OC)c1OC)c1c[nH]c2ccccc12. The number of aromatic amines is 1. The third-order valence-corrected chi connectivity index (χ3v) is 4.90. The molecule has 0 saturated carbocycles. The Labute approximate surface area is 165 Å². The fourth-order valence-corrected chi connectivity index (χ4v) is 3.60. The lowest BCUT2D eigenvalue weighted by Gasteiger charge is -2.22. The van der Waals surface area contributed by atoms with Crippen LogP contribution in [0.3, 0.4) is 0 Å². The monoisotopic (exact) mass is 383 g/mol. The first-order valence-electron chi connectivity index (χ1n) is 8.98. The Morgan fingerprint density at radius 1 is 1.04 bits per heavy atom. The lowest BCUT2D eigenvalue weighted by atomic mass is 9.90. The van der Waals surface area contributed by atoms with E-state index in [0.29, 0.717) is 17.4 Å². The molecule has 0 aliphatic carbocycles. The standard InChI is InChI=1S/C21H25N3O2S/c1-4-22-21(27)24-13-17(15-9-7-11-19(25-2)20(15)26-3)16-12-23-18-10-6-5-8-14(16)18/h5-12,17,23H,4,13H2,1-3H3,(H2,22,24,27)/t17-/m0/s1. The molecule has 0 aliphatic heterocycles. The van der Waals surface area contributed by atoms with Gasteiger partial charge in [0.05, 0.1) is 14.2 Å². The number of benzene rings is 2. The van der Waals surface area contributed by atoms with Gasteiger partial charge in [-0.1, -0.05) is 30.3 Å². The van der Waals surface area contributed by atoms with Crippen LogP contribution in [0.5, 0.6) is 11.5 Å². The maximum atomic E-state index is 5.70. The van der Waals surface area contributed by atoms with Crippen molar-refractivity contribution in [3.63, 3.8) is 0 Å².